The Morgan fingerprint density at radius 1 is 1.00 bits per heavy atom. The lowest BCUT2D eigenvalue weighted by Crippen LogP contribution is -2.08. The summed E-state index contributed by atoms with van der Waals surface area (Å²) >= 11 is 0. The van der Waals surface area contributed by atoms with E-state index in [9.17, 15) is 15.0 Å². The van der Waals surface area contributed by atoms with Crippen molar-refractivity contribution < 1.29 is 15.0 Å². The van der Waals surface area contributed by atoms with Gasteiger partial charge in [0, 0.05) is 5.57 Å². The van der Waals surface area contributed by atoms with Crippen LogP contribution in [0.2, 0.25) is 0 Å². The highest BCUT2D eigenvalue weighted by atomic mass is 35.5. The fourth-order valence-electron chi connectivity index (χ4n) is 2.04. The van der Waals surface area contributed by atoms with Gasteiger partial charge in [0.05, 0.1) is 0 Å². The number of aliphatic hydroxyl groups is 1. The molecular weight excluding hydrogens is 240 g/mol. The summed E-state index contributed by atoms with van der Waals surface area (Å²) in [5.74, 6) is -0.445. The number of benzene rings is 1. The summed E-state index contributed by atoms with van der Waals surface area (Å²) < 4.78 is 0. The molecule has 3 rings (SSSR count). The Labute approximate surface area is 104 Å². The minimum atomic E-state index is -0.367. The predicted octanol–water partition coefficient (Wildman–Crippen LogP) is 2.62. The van der Waals surface area contributed by atoms with Crippen LogP contribution >= 0.6 is 12.4 Å². The Morgan fingerprint density at radius 2 is 1.76 bits per heavy atom. The quantitative estimate of drug-likeness (QED) is 0.742. The molecule has 0 saturated heterocycles. The zero-order valence-corrected chi connectivity index (χ0v) is 9.49. The highest BCUT2D eigenvalue weighted by Crippen LogP contribution is 2.39. The van der Waals surface area contributed by atoms with Gasteiger partial charge in [-0.15, -0.1) is 12.4 Å². The van der Waals surface area contributed by atoms with Crippen LogP contribution < -0.4 is 0 Å². The van der Waals surface area contributed by atoms with E-state index in [0.717, 1.165) is 16.7 Å². The summed E-state index contributed by atoms with van der Waals surface area (Å²) in [5, 5.41) is 18.7. The number of carbonyl (C=O) groups is 1. The van der Waals surface area contributed by atoms with Crippen LogP contribution in [0.4, 0.5) is 0 Å². The van der Waals surface area contributed by atoms with Crippen molar-refractivity contribution in [1.82, 2.24) is 0 Å². The summed E-state index contributed by atoms with van der Waals surface area (Å²) in [5.41, 5.74) is 3.00. The fraction of sp³-hybridized carbons (Fsp3) is 0. The van der Waals surface area contributed by atoms with Gasteiger partial charge >= 0.3 is 0 Å². The van der Waals surface area contributed by atoms with Gasteiger partial charge in [0.25, 0.3) is 0 Å². The van der Waals surface area contributed by atoms with Crippen molar-refractivity contribution >= 4 is 29.8 Å². The van der Waals surface area contributed by atoms with E-state index >= 15 is 0 Å². The fourth-order valence-corrected chi connectivity index (χ4v) is 2.04. The summed E-state index contributed by atoms with van der Waals surface area (Å²) in [6.45, 7) is 0. The summed E-state index contributed by atoms with van der Waals surface area (Å²) in [6, 6.07) is 4.95. The molecule has 0 amide bonds. The summed E-state index contributed by atoms with van der Waals surface area (Å²) in [7, 11) is 0. The minimum absolute atomic E-state index is 0. The molecule has 1 aromatic rings. The van der Waals surface area contributed by atoms with Crippen LogP contribution in [0.25, 0.3) is 11.6 Å². The first-order valence-corrected chi connectivity index (χ1v) is 4.88. The van der Waals surface area contributed by atoms with E-state index in [-0.39, 0.29) is 29.7 Å². The van der Waals surface area contributed by atoms with Gasteiger partial charge in [-0.25, -0.2) is 0 Å². The lowest BCUT2D eigenvalue weighted by molar-refractivity contribution is -0.114. The summed E-state index contributed by atoms with van der Waals surface area (Å²) in [6.07, 6.45) is 4.80. The van der Waals surface area contributed by atoms with Gasteiger partial charge in [0.2, 0.25) is 5.78 Å². The van der Waals surface area contributed by atoms with Crippen LogP contribution in [0.5, 0.6) is 5.75 Å². The van der Waals surface area contributed by atoms with E-state index in [1.807, 2.05) is 0 Å². The molecule has 0 atom stereocenters. The number of phenols is 1. The molecule has 2 aliphatic carbocycles. The number of hydrogen-bond acceptors (Lipinski definition) is 3. The largest absolute Gasteiger partial charge is 0.508 e. The van der Waals surface area contributed by atoms with Crippen molar-refractivity contribution in [1.29, 1.82) is 0 Å². The van der Waals surface area contributed by atoms with E-state index < -0.39 is 0 Å². The molecule has 2 N–H and O–H groups in total. The molecule has 0 spiro atoms. The molecule has 17 heavy (non-hydrogen) atoms. The van der Waals surface area contributed by atoms with Crippen molar-refractivity contribution in [3.63, 3.8) is 0 Å². The number of phenolic OH excluding ortho intramolecular Hbond substituents is 1. The van der Waals surface area contributed by atoms with Gasteiger partial charge in [-0.05, 0) is 47.1 Å². The molecule has 0 aliphatic heterocycles. The van der Waals surface area contributed by atoms with E-state index in [2.05, 4.69) is 0 Å². The van der Waals surface area contributed by atoms with E-state index in [1.54, 1.807) is 30.4 Å². The van der Waals surface area contributed by atoms with Crippen molar-refractivity contribution in [2.24, 2.45) is 0 Å². The molecule has 0 aromatic heterocycles. The first kappa shape index (κ1) is 11.5. The molecule has 2 aliphatic rings. The van der Waals surface area contributed by atoms with E-state index in [1.165, 1.54) is 6.08 Å². The third-order valence-electron chi connectivity index (χ3n) is 2.80. The van der Waals surface area contributed by atoms with Gasteiger partial charge in [-0.2, -0.15) is 0 Å². The molecule has 0 saturated carbocycles. The highest BCUT2D eigenvalue weighted by Gasteiger charge is 2.28. The molecule has 0 bridgehead atoms. The Balaban J connectivity index is 0.00000108. The second kappa shape index (κ2) is 3.79. The third-order valence-corrected chi connectivity index (χ3v) is 2.80. The lowest BCUT2D eigenvalue weighted by atomic mass is 9.95. The van der Waals surface area contributed by atoms with Gasteiger partial charge in [0.1, 0.15) is 5.75 Å². The number of aliphatic hydroxyl groups excluding tert-OH is 1. The number of ketones is 1. The SMILES string of the molecule is Cl.O=C1C(O)=CC=C2C1=Cc1cc(O)ccc12. The molecule has 3 nitrogen and oxygen atoms in total. The van der Waals surface area contributed by atoms with Crippen LogP contribution in [-0.4, -0.2) is 16.0 Å². The van der Waals surface area contributed by atoms with Crippen molar-refractivity contribution in [2.75, 3.05) is 0 Å². The second-order valence-corrected chi connectivity index (χ2v) is 3.79. The maximum atomic E-state index is 11.7. The first-order chi connectivity index (χ1) is 7.66. The van der Waals surface area contributed by atoms with Crippen molar-refractivity contribution in [2.45, 2.75) is 0 Å². The van der Waals surface area contributed by atoms with Crippen LogP contribution in [0, 0.1) is 0 Å². The number of rotatable bonds is 0. The third kappa shape index (κ3) is 1.56. The first-order valence-electron chi connectivity index (χ1n) is 4.88. The monoisotopic (exact) mass is 248 g/mol. The zero-order valence-electron chi connectivity index (χ0n) is 8.68. The van der Waals surface area contributed by atoms with Crippen LogP contribution in [0.15, 0.2) is 41.7 Å². The molecule has 0 fully saturated rings. The summed E-state index contributed by atoms with van der Waals surface area (Å²) in [4.78, 5) is 11.7. The number of fused-ring (bicyclic) bond motifs is 3. The minimum Gasteiger partial charge on any atom is -0.508 e. The lowest BCUT2D eigenvalue weighted by Gasteiger charge is -2.09. The average Bonchev–Trinajstić information content (AvgIpc) is 2.62. The normalized spacial score (nSPS) is 16.2. The predicted molar refractivity (Wildman–Crippen MR) is 67.0 cm³/mol. The van der Waals surface area contributed by atoms with Crippen LogP contribution in [0.3, 0.4) is 0 Å². The van der Waals surface area contributed by atoms with E-state index in [0.29, 0.717) is 5.57 Å². The standard InChI is InChI=1S/C13H8O3.ClH/c14-8-1-2-9-7(5-8)6-11-10(9)3-4-12(15)13(11)16;/h1-6,14-15H;1H. The Hall–Kier alpha value is -2.00. The highest BCUT2D eigenvalue weighted by molar-refractivity contribution is 6.24. The molecule has 1 aromatic carbocycles. The van der Waals surface area contributed by atoms with Gasteiger partial charge in [-0.1, -0.05) is 6.07 Å². The van der Waals surface area contributed by atoms with Crippen molar-refractivity contribution in [3.8, 4) is 5.75 Å². The molecule has 0 unspecified atom stereocenters. The number of aromatic hydroxyl groups is 1. The number of halogens is 1. The average molecular weight is 249 g/mol. The van der Waals surface area contributed by atoms with Crippen LogP contribution in [0.1, 0.15) is 11.1 Å². The van der Waals surface area contributed by atoms with Crippen molar-refractivity contribution in [3.05, 3.63) is 52.8 Å². The smallest absolute Gasteiger partial charge is 0.227 e. The van der Waals surface area contributed by atoms with Gasteiger partial charge in [-0.3, -0.25) is 4.79 Å². The maximum absolute atomic E-state index is 11.7. The van der Waals surface area contributed by atoms with Crippen LogP contribution in [-0.2, 0) is 4.79 Å². The molecular formula is C13H9ClO3. The Bertz CT molecular complexity index is 609. The molecule has 0 heterocycles. The number of Topliss-reactive ketones (excluding diaryl/α,β-unsaturated/α-hetero) is 1. The molecule has 4 heteroatoms. The number of carbonyl (C=O) groups excluding carboxylic acids is 1. The number of allylic oxidation sites excluding steroid dienone is 4. The topological polar surface area (TPSA) is 57.5 Å². The van der Waals surface area contributed by atoms with E-state index in [4.69, 9.17) is 0 Å². The zero-order chi connectivity index (χ0) is 11.3. The Morgan fingerprint density at radius 3 is 2.53 bits per heavy atom. The number of hydrogen-bond donors (Lipinski definition) is 2. The van der Waals surface area contributed by atoms with Gasteiger partial charge in [0.15, 0.2) is 5.76 Å². The Kier molecular flexibility index (Phi) is 2.56. The molecule has 86 valence electrons. The maximum Gasteiger partial charge on any atom is 0.227 e. The van der Waals surface area contributed by atoms with Gasteiger partial charge < -0.3 is 10.2 Å². The second-order valence-electron chi connectivity index (χ2n) is 3.79. The molecule has 0 radical (unpaired) electrons.